The van der Waals surface area contributed by atoms with Crippen LogP contribution in [0.4, 0.5) is 0 Å². The van der Waals surface area contributed by atoms with E-state index in [-0.39, 0.29) is 28.8 Å². The summed E-state index contributed by atoms with van der Waals surface area (Å²) in [6, 6.07) is 0. The highest BCUT2D eigenvalue weighted by molar-refractivity contribution is 5.83. The van der Waals surface area contributed by atoms with E-state index in [9.17, 15) is 14.7 Å². The first kappa shape index (κ1) is 21.3. The molecule has 4 rings (SSSR count). The molecular weight excluding hydrogens is 364 g/mol. The van der Waals surface area contributed by atoms with E-state index in [0.29, 0.717) is 48.2 Å². The molecule has 4 aliphatic carbocycles. The second kappa shape index (κ2) is 7.66. The van der Waals surface area contributed by atoms with Gasteiger partial charge in [0.1, 0.15) is 5.78 Å². The molecule has 0 aliphatic heterocycles. The molecule has 0 saturated heterocycles. The van der Waals surface area contributed by atoms with Crippen LogP contribution in [0.2, 0.25) is 0 Å². The Morgan fingerprint density at radius 1 is 1.14 bits per heavy atom. The van der Waals surface area contributed by atoms with Crippen molar-refractivity contribution in [2.75, 3.05) is 7.11 Å². The van der Waals surface area contributed by atoms with Crippen molar-refractivity contribution in [1.29, 1.82) is 0 Å². The molecule has 0 spiro atoms. The van der Waals surface area contributed by atoms with Gasteiger partial charge in [0, 0.05) is 18.8 Å². The molecule has 4 aliphatic rings. The number of hydrogen-bond donors (Lipinski definition) is 1. The molecule has 29 heavy (non-hydrogen) atoms. The Morgan fingerprint density at radius 2 is 1.83 bits per heavy atom. The minimum Gasteiger partial charge on any atom is -0.469 e. The molecule has 1 N–H and O–H groups in total. The average molecular weight is 405 g/mol. The highest BCUT2D eigenvalue weighted by atomic mass is 16.5. The zero-order valence-electron chi connectivity index (χ0n) is 18.8. The number of aliphatic hydroxyl groups is 1. The van der Waals surface area contributed by atoms with Crippen molar-refractivity contribution in [3.8, 4) is 0 Å². The molecule has 4 nitrogen and oxygen atoms in total. The first-order valence-electron chi connectivity index (χ1n) is 12.0. The van der Waals surface area contributed by atoms with Gasteiger partial charge in [-0.15, -0.1) is 0 Å². The Hall–Kier alpha value is -0.900. The van der Waals surface area contributed by atoms with E-state index in [2.05, 4.69) is 20.8 Å². The number of methoxy groups -OCH3 is 1. The summed E-state index contributed by atoms with van der Waals surface area (Å²) >= 11 is 0. The highest BCUT2D eigenvalue weighted by Crippen LogP contribution is 2.67. The van der Waals surface area contributed by atoms with Crippen LogP contribution in [-0.2, 0) is 14.3 Å². The third kappa shape index (κ3) is 3.38. The van der Waals surface area contributed by atoms with Gasteiger partial charge in [-0.05, 0) is 91.8 Å². The van der Waals surface area contributed by atoms with Crippen LogP contribution in [0, 0.1) is 46.3 Å². The summed E-state index contributed by atoms with van der Waals surface area (Å²) in [5.41, 5.74) is 0.456. The van der Waals surface area contributed by atoms with Crippen LogP contribution >= 0.6 is 0 Å². The smallest absolute Gasteiger partial charge is 0.305 e. The summed E-state index contributed by atoms with van der Waals surface area (Å²) < 4.78 is 4.85. The lowest BCUT2D eigenvalue weighted by atomic mass is 9.44. The van der Waals surface area contributed by atoms with E-state index in [1.165, 1.54) is 26.4 Å². The summed E-state index contributed by atoms with van der Waals surface area (Å²) in [6.07, 6.45) is 9.40. The van der Waals surface area contributed by atoms with E-state index in [1.54, 1.807) is 0 Å². The summed E-state index contributed by atoms with van der Waals surface area (Å²) in [4.78, 5) is 25.0. The highest BCUT2D eigenvalue weighted by Gasteiger charge is 2.62. The van der Waals surface area contributed by atoms with Crippen LogP contribution in [0.25, 0.3) is 0 Å². The van der Waals surface area contributed by atoms with Gasteiger partial charge in [0.05, 0.1) is 13.2 Å². The molecule has 4 fully saturated rings. The molecule has 9 atom stereocenters. The second-order valence-electron chi connectivity index (χ2n) is 11.4. The Kier molecular flexibility index (Phi) is 5.63. The average Bonchev–Trinajstić information content (AvgIpc) is 3.04. The van der Waals surface area contributed by atoms with Crippen LogP contribution in [0.5, 0.6) is 0 Å². The number of carbonyl (C=O) groups is 2. The predicted octanol–water partition coefficient (Wildman–Crippen LogP) is 4.77. The molecular formula is C25H40O4. The Balaban J connectivity index is 1.53. The fourth-order valence-electron chi connectivity index (χ4n) is 8.53. The molecule has 4 heteroatoms. The number of hydrogen-bond acceptors (Lipinski definition) is 4. The van der Waals surface area contributed by atoms with Crippen molar-refractivity contribution in [3.05, 3.63) is 0 Å². The second-order valence-corrected chi connectivity index (χ2v) is 11.4. The first-order valence-corrected chi connectivity index (χ1v) is 12.0. The van der Waals surface area contributed by atoms with E-state index >= 15 is 0 Å². The van der Waals surface area contributed by atoms with Crippen molar-refractivity contribution >= 4 is 11.8 Å². The summed E-state index contributed by atoms with van der Waals surface area (Å²) in [6.45, 7) is 7.18. The summed E-state index contributed by atoms with van der Waals surface area (Å²) in [7, 11) is 1.47. The first-order chi connectivity index (χ1) is 13.7. The van der Waals surface area contributed by atoms with Gasteiger partial charge in [0.2, 0.25) is 0 Å². The van der Waals surface area contributed by atoms with E-state index in [0.717, 1.165) is 32.1 Å². The Morgan fingerprint density at radius 3 is 2.55 bits per heavy atom. The third-order valence-corrected chi connectivity index (χ3v) is 10.2. The van der Waals surface area contributed by atoms with E-state index < -0.39 is 0 Å². The molecule has 0 heterocycles. The van der Waals surface area contributed by atoms with Gasteiger partial charge in [-0.1, -0.05) is 20.8 Å². The maximum Gasteiger partial charge on any atom is 0.305 e. The van der Waals surface area contributed by atoms with Gasteiger partial charge in [-0.2, -0.15) is 0 Å². The number of esters is 1. The molecule has 4 unspecified atom stereocenters. The molecule has 0 bridgehead atoms. The van der Waals surface area contributed by atoms with Crippen molar-refractivity contribution in [2.45, 2.75) is 91.1 Å². The summed E-state index contributed by atoms with van der Waals surface area (Å²) in [5.74, 6) is 3.08. The van der Waals surface area contributed by atoms with Gasteiger partial charge in [0.25, 0.3) is 0 Å². The lowest BCUT2D eigenvalue weighted by Crippen LogP contribution is -2.57. The number of aliphatic hydroxyl groups excluding tert-OH is 1. The summed E-state index contributed by atoms with van der Waals surface area (Å²) in [5, 5.41) is 10.2. The monoisotopic (exact) mass is 404 g/mol. The van der Waals surface area contributed by atoms with Gasteiger partial charge in [0.15, 0.2) is 0 Å². The quantitative estimate of drug-likeness (QED) is 0.685. The number of ketones is 1. The molecule has 0 aromatic heterocycles. The number of ether oxygens (including phenoxy) is 1. The van der Waals surface area contributed by atoms with Gasteiger partial charge in [-0.3, -0.25) is 9.59 Å². The lowest BCUT2D eigenvalue weighted by Gasteiger charge is -2.60. The zero-order valence-corrected chi connectivity index (χ0v) is 18.8. The van der Waals surface area contributed by atoms with Gasteiger partial charge < -0.3 is 9.84 Å². The molecule has 0 amide bonds. The van der Waals surface area contributed by atoms with E-state index in [4.69, 9.17) is 4.74 Å². The van der Waals surface area contributed by atoms with Crippen molar-refractivity contribution < 1.29 is 19.4 Å². The van der Waals surface area contributed by atoms with Crippen LogP contribution in [0.3, 0.4) is 0 Å². The largest absolute Gasteiger partial charge is 0.469 e. The van der Waals surface area contributed by atoms with Crippen LogP contribution in [0.1, 0.15) is 85.0 Å². The molecule has 0 aromatic carbocycles. The van der Waals surface area contributed by atoms with Crippen LogP contribution in [0.15, 0.2) is 0 Å². The topological polar surface area (TPSA) is 63.6 Å². The molecule has 4 saturated carbocycles. The van der Waals surface area contributed by atoms with Crippen molar-refractivity contribution in [3.63, 3.8) is 0 Å². The van der Waals surface area contributed by atoms with Gasteiger partial charge >= 0.3 is 5.97 Å². The van der Waals surface area contributed by atoms with Gasteiger partial charge in [-0.25, -0.2) is 0 Å². The third-order valence-electron chi connectivity index (χ3n) is 10.2. The Bertz CT molecular complexity index is 659. The fourth-order valence-corrected chi connectivity index (χ4v) is 8.53. The van der Waals surface area contributed by atoms with Crippen molar-refractivity contribution in [2.24, 2.45) is 46.3 Å². The van der Waals surface area contributed by atoms with Crippen LogP contribution < -0.4 is 0 Å². The molecule has 164 valence electrons. The number of carbonyl (C=O) groups excluding carboxylic acids is 2. The zero-order chi connectivity index (χ0) is 21.0. The Labute approximate surface area is 176 Å². The SMILES string of the molecule is COC(=O)CC[C@@H](C)[C@H]1CCC2[C@@H]3C(=O)CC4C[C@H](O)CCC4(C)C3CC[C@@]21C. The van der Waals surface area contributed by atoms with Crippen molar-refractivity contribution in [1.82, 2.24) is 0 Å². The molecule has 0 aromatic rings. The number of fused-ring (bicyclic) bond motifs is 5. The number of Topliss-reactive ketones (excluding diaryl/α,β-unsaturated/α-hetero) is 1. The fraction of sp³-hybridized carbons (Fsp3) is 0.920. The minimum absolute atomic E-state index is 0.110. The van der Waals surface area contributed by atoms with E-state index in [1.807, 2.05) is 0 Å². The number of rotatable bonds is 4. The molecule has 0 radical (unpaired) electrons. The maximum absolute atomic E-state index is 13.4. The normalized spacial score (nSPS) is 47.7. The maximum atomic E-state index is 13.4. The minimum atomic E-state index is -0.210. The predicted molar refractivity (Wildman–Crippen MR) is 112 cm³/mol. The standard InChI is InChI=1S/C25H40O4/c1-15(5-8-22(28)29-4)18-6-7-19-23-20(10-12-25(18,19)3)24(2)11-9-17(26)13-16(24)14-21(23)27/h15-20,23,26H,5-14H2,1-4H3/t15-,16?,17-,18-,19?,20?,23+,24?,25-/m1/s1. The lowest BCUT2D eigenvalue weighted by molar-refractivity contribution is -0.160. The van der Waals surface area contributed by atoms with Crippen LogP contribution in [-0.4, -0.2) is 30.1 Å².